The van der Waals surface area contributed by atoms with Gasteiger partial charge in [-0.3, -0.25) is 14.2 Å². The Morgan fingerprint density at radius 2 is 2.10 bits per heavy atom. The van der Waals surface area contributed by atoms with Gasteiger partial charge in [0.15, 0.2) is 0 Å². The van der Waals surface area contributed by atoms with Crippen LogP contribution in [0, 0.1) is 6.92 Å². The molecule has 0 saturated carbocycles. The van der Waals surface area contributed by atoms with E-state index in [2.05, 4.69) is 4.98 Å². The first-order chi connectivity index (χ1) is 13.9. The molecule has 6 nitrogen and oxygen atoms in total. The average Bonchev–Trinajstić information content (AvgIpc) is 3.28. The van der Waals surface area contributed by atoms with E-state index in [0.29, 0.717) is 13.1 Å². The summed E-state index contributed by atoms with van der Waals surface area (Å²) in [5, 5.41) is 0.770. The SMILES string of the molecule is Cc1ccc(CN(C(=O)CCn2cnc3sc4c(c3c2=O)CCCC4)C(C)C)o1. The number of furan rings is 1. The number of aromatic nitrogens is 2. The maximum atomic E-state index is 13.1. The maximum absolute atomic E-state index is 13.1. The highest BCUT2D eigenvalue weighted by Gasteiger charge is 2.22. The van der Waals surface area contributed by atoms with Crippen LogP contribution in [0.4, 0.5) is 0 Å². The minimum atomic E-state index is -0.0139. The molecule has 0 unspecified atom stereocenters. The summed E-state index contributed by atoms with van der Waals surface area (Å²) in [5.74, 6) is 1.62. The minimum absolute atomic E-state index is 0.00778. The topological polar surface area (TPSA) is 68.3 Å². The molecule has 0 N–H and O–H groups in total. The Hall–Kier alpha value is -2.41. The van der Waals surface area contributed by atoms with Crippen molar-refractivity contribution in [1.82, 2.24) is 14.5 Å². The lowest BCUT2D eigenvalue weighted by Crippen LogP contribution is -2.37. The number of hydrogen-bond donors (Lipinski definition) is 0. The zero-order valence-corrected chi connectivity index (χ0v) is 18.1. The Morgan fingerprint density at radius 3 is 2.83 bits per heavy atom. The second kappa shape index (κ2) is 8.14. The summed E-state index contributed by atoms with van der Waals surface area (Å²) in [6, 6.07) is 3.86. The zero-order valence-electron chi connectivity index (χ0n) is 17.2. The van der Waals surface area contributed by atoms with Crippen molar-refractivity contribution in [3.8, 4) is 0 Å². The fourth-order valence-corrected chi connectivity index (χ4v) is 5.22. The van der Waals surface area contributed by atoms with Crippen molar-refractivity contribution >= 4 is 27.5 Å². The van der Waals surface area contributed by atoms with Crippen LogP contribution >= 0.6 is 11.3 Å². The van der Waals surface area contributed by atoms with Gasteiger partial charge < -0.3 is 9.32 Å². The van der Waals surface area contributed by atoms with Crippen molar-refractivity contribution in [3.05, 3.63) is 50.8 Å². The van der Waals surface area contributed by atoms with Crippen molar-refractivity contribution in [2.75, 3.05) is 0 Å². The van der Waals surface area contributed by atoms with E-state index >= 15 is 0 Å². The first kappa shape index (κ1) is 19.9. The molecule has 0 fully saturated rings. The molecule has 0 radical (unpaired) electrons. The Morgan fingerprint density at radius 1 is 1.31 bits per heavy atom. The van der Waals surface area contributed by atoms with E-state index in [1.807, 2.05) is 32.9 Å². The molecule has 3 aromatic heterocycles. The number of nitrogens with zero attached hydrogens (tertiary/aromatic N) is 3. The number of carbonyl (C=O) groups excluding carboxylic acids is 1. The highest BCUT2D eigenvalue weighted by molar-refractivity contribution is 7.18. The van der Waals surface area contributed by atoms with Gasteiger partial charge in [0.05, 0.1) is 18.3 Å². The lowest BCUT2D eigenvalue weighted by atomic mass is 9.97. The van der Waals surface area contributed by atoms with E-state index in [1.54, 1.807) is 27.1 Å². The number of fused-ring (bicyclic) bond motifs is 3. The molecule has 154 valence electrons. The summed E-state index contributed by atoms with van der Waals surface area (Å²) in [5.41, 5.74) is 1.17. The minimum Gasteiger partial charge on any atom is -0.464 e. The van der Waals surface area contributed by atoms with Crippen LogP contribution in [-0.2, 0) is 30.7 Å². The van der Waals surface area contributed by atoms with E-state index in [-0.39, 0.29) is 23.9 Å². The molecule has 1 aliphatic carbocycles. The van der Waals surface area contributed by atoms with Crippen molar-refractivity contribution in [2.45, 2.75) is 72.0 Å². The monoisotopic (exact) mass is 413 g/mol. The molecule has 1 amide bonds. The standard InChI is InChI=1S/C22H27N3O3S/c1-14(2)25(12-16-9-8-15(3)28-16)19(26)10-11-24-13-23-21-20(22(24)27)17-6-4-5-7-18(17)29-21/h8-9,13-14H,4-7,10-12H2,1-3H3. The Kier molecular flexibility index (Phi) is 5.58. The summed E-state index contributed by atoms with van der Waals surface area (Å²) in [6.45, 7) is 6.65. The van der Waals surface area contributed by atoms with Gasteiger partial charge in [-0.05, 0) is 64.2 Å². The third kappa shape index (κ3) is 4.01. The molecule has 7 heteroatoms. The largest absolute Gasteiger partial charge is 0.464 e. The lowest BCUT2D eigenvalue weighted by molar-refractivity contribution is -0.134. The second-order valence-corrected chi connectivity index (χ2v) is 9.10. The van der Waals surface area contributed by atoms with E-state index in [0.717, 1.165) is 41.0 Å². The third-order valence-corrected chi connectivity index (χ3v) is 6.77. The summed E-state index contributed by atoms with van der Waals surface area (Å²) in [7, 11) is 0. The molecule has 0 saturated heterocycles. The molecule has 4 rings (SSSR count). The van der Waals surface area contributed by atoms with Gasteiger partial charge in [-0.2, -0.15) is 0 Å². The van der Waals surface area contributed by atoms with Gasteiger partial charge in [0.1, 0.15) is 16.4 Å². The van der Waals surface area contributed by atoms with Crippen LogP contribution in [-0.4, -0.2) is 26.4 Å². The zero-order chi connectivity index (χ0) is 20.5. The fraction of sp³-hybridized carbons (Fsp3) is 0.500. The smallest absolute Gasteiger partial charge is 0.262 e. The molecule has 0 aromatic carbocycles. The predicted molar refractivity (Wildman–Crippen MR) is 114 cm³/mol. The Balaban J connectivity index is 1.51. The predicted octanol–water partition coefficient (Wildman–Crippen LogP) is 4.07. The van der Waals surface area contributed by atoms with Crippen LogP contribution < -0.4 is 5.56 Å². The van der Waals surface area contributed by atoms with E-state index in [9.17, 15) is 9.59 Å². The first-order valence-electron chi connectivity index (χ1n) is 10.3. The molecule has 0 bridgehead atoms. The van der Waals surface area contributed by atoms with E-state index < -0.39 is 0 Å². The van der Waals surface area contributed by atoms with Crippen molar-refractivity contribution in [3.63, 3.8) is 0 Å². The van der Waals surface area contributed by atoms with E-state index in [1.165, 1.54) is 16.9 Å². The average molecular weight is 414 g/mol. The van der Waals surface area contributed by atoms with Gasteiger partial charge in [0.2, 0.25) is 5.91 Å². The summed E-state index contributed by atoms with van der Waals surface area (Å²) >= 11 is 1.65. The molecule has 0 aliphatic heterocycles. The van der Waals surface area contributed by atoms with E-state index in [4.69, 9.17) is 4.42 Å². The van der Waals surface area contributed by atoms with Crippen LogP contribution in [0.2, 0.25) is 0 Å². The number of aryl methyl sites for hydroxylation is 4. The van der Waals surface area contributed by atoms with Gasteiger partial charge in [0.25, 0.3) is 5.56 Å². The summed E-state index contributed by atoms with van der Waals surface area (Å²) in [4.78, 5) is 34.4. The maximum Gasteiger partial charge on any atom is 0.262 e. The summed E-state index contributed by atoms with van der Waals surface area (Å²) in [6.07, 6.45) is 6.17. The molecule has 3 aromatic rings. The highest BCUT2D eigenvalue weighted by Crippen LogP contribution is 2.33. The number of amides is 1. The number of thiophene rings is 1. The van der Waals surface area contributed by atoms with Gasteiger partial charge in [-0.15, -0.1) is 11.3 Å². The normalized spacial score (nSPS) is 13.8. The van der Waals surface area contributed by atoms with Crippen LogP contribution in [0.25, 0.3) is 10.2 Å². The number of carbonyl (C=O) groups is 1. The van der Waals surface area contributed by atoms with Gasteiger partial charge in [0, 0.05) is 23.9 Å². The first-order valence-corrected chi connectivity index (χ1v) is 11.1. The van der Waals surface area contributed by atoms with Crippen molar-refractivity contribution in [1.29, 1.82) is 0 Å². The molecule has 3 heterocycles. The van der Waals surface area contributed by atoms with Gasteiger partial charge >= 0.3 is 0 Å². The highest BCUT2D eigenvalue weighted by atomic mass is 32.1. The van der Waals surface area contributed by atoms with Gasteiger partial charge in [-0.1, -0.05) is 0 Å². The number of rotatable bonds is 6. The lowest BCUT2D eigenvalue weighted by Gasteiger charge is -2.26. The van der Waals surface area contributed by atoms with Crippen LogP contribution in [0.1, 0.15) is 55.1 Å². The van der Waals surface area contributed by atoms with Crippen LogP contribution in [0.3, 0.4) is 0 Å². The third-order valence-electron chi connectivity index (χ3n) is 5.57. The molecular formula is C22H27N3O3S. The number of hydrogen-bond acceptors (Lipinski definition) is 5. The Labute approximate surface area is 174 Å². The molecular weight excluding hydrogens is 386 g/mol. The van der Waals surface area contributed by atoms with Crippen molar-refractivity contribution in [2.24, 2.45) is 0 Å². The van der Waals surface area contributed by atoms with Crippen LogP contribution in [0.15, 0.2) is 27.7 Å². The molecule has 29 heavy (non-hydrogen) atoms. The quantitative estimate of drug-likeness (QED) is 0.611. The van der Waals surface area contributed by atoms with Crippen LogP contribution in [0.5, 0.6) is 0 Å². The fourth-order valence-electron chi connectivity index (χ4n) is 4.00. The second-order valence-electron chi connectivity index (χ2n) is 8.01. The Bertz CT molecular complexity index is 1090. The summed E-state index contributed by atoms with van der Waals surface area (Å²) < 4.78 is 7.23. The molecule has 1 aliphatic rings. The molecule has 0 spiro atoms. The van der Waals surface area contributed by atoms with Crippen molar-refractivity contribution < 1.29 is 9.21 Å². The van der Waals surface area contributed by atoms with Gasteiger partial charge in [-0.25, -0.2) is 4.98 Å². The molecule has 0 atom stereocenters.